The third-order valence-corrected chi connectivity index (χ3v) is 3.58. The molecule has 0 bridgehead atoms. The summed E-state index contributed by atoms with van der Waals surface area (Å²) in [5.41, 5.74) is 1.29. The Morgan fingerprint density at radius 1 is 1.32 bits per heavy atom. The van der Waals surface area contributed by atoms with Gasteiger partial charge in [0.2, 0.25) is 0 Å². The molecule has 0 aromatic heterocycles. The second-order valence-electron chi connectivity index (χ2n) is 5.11. The van der Waals surface area contributed by atoms with Crippen LogP contribution in [0.4, 0.5) is 10.5 Å². The maximum absolute atomic E-state index is 12.2. The van der Waals surface area contributed by atoms with Crippen LogP contribution in [-0.4, -0.2) is 29.3 Å². The van der Waals surface area contributed by atoms with Crippen molar-refractivity contribution in [2.75, 3.05) is 11.9 Å². The van der Waals surface area contributed by atoms with Crippen LogP contribution in [-0.2, 0) is 0 Å². The fraction of sp³-hybridized carbons (Fsp3) is 0.467. The Labute approximate surface area is 113 Å². The Balaban J connectivity index is 2.06. The highest BCUT2D eigenvalue weighted by Crippen LogP contribution is 2.18. The summed E-state index contributed by atoms with van der Waals surface area (Å²) in [5, 5.41) is 2.87. The van der Waals surface area contributed by atoms with Crippen molar-refractivity contribution in [1.82, 2.24) is 4.90 Å². The molecule has 1 unspecified atom stereocenters. The zero-order valence-corrected chi connectivity index (χ0v) is 11.5. The number of carbonyl (C=O) groups excluding carboxylic acids is 2. The minimum absolute atomic E-state index is 0.00226. The number of ketones is 1. The van der Waals surface area contributed by atoms with E-state index in [9.17, 15) is 9.59 Å². The van der Waals surface area contributed by atoms with Crippen molar-refractivity contribution >= 4 is 17.5 Å². The van der Waals surface area contributed by atoms with Gasteiger partial charge in [-0.05, 0) is 45.2 Å². The van der Waals surface area contributed by atoms with Gasteiger partial charge in [0.1, 0.15) is 0 Å². The number of benzene rings is 1. The molecule has 1 aromatic carbocycles. The molecule has 0 spiro atoms. The molecule has 1 heterocycles. The summed E-state index contributed by atoms with van der Waals surface area (Å²) in [4.78, 5) is 25.4. The first-order chi connectivity index (χ1) is 9.08. The van der Waals surface area contributed by atoms with Crippen molar-refractivity contribution in [3.63, 3.8) is 0 Å². The van der Waals surface area contributed by atoms with Crippen LogP contribution in [0, 0.1) is 0 Å². The van der Waals surface area contributed by atoms with Crippen LogP contribution in [0.15, 0.2) is 24.3 Å². The van der Waals surface area contributed by atoms with Crippen LogP contribution in [0.1, 0.15) is 43.5 Å². The highest BCUT2D eigenvalue weighted by molar-refractivity contribution is 5.96. The normalized spacial score (nSPS) is 19.1. The fourth-order valence-electron chi connectivity index (χ4n) is 2.41. The number of rotatable bonds is 2. The molecule has 2 rings (SSSR count). The Hall–Kier alpha value is -1.84. The monoisotopic (exact) mass is 260 g/mol. The van der Waals surface area contributed by atoms with Crippen molar-refractivity contribution in [3.05, 3.63) is 29.8 Å². The maximum Gasteiger partial charge on any atom is 0.322 e. The van der Waals surface area contributed by atoms with Gasteiger partial charge >= 0.3 is 6.03 Å². The SMILES string of the molecule is CC(=O)c1cccc(NC(=O)N2CCCCC2C)c1. The molecule has 1 aliphatic heterocycles. The van der Waals surface area contributed by atoms with E-state index in [0.717, 1.165) is 19.4 Å². The largest absolute Gasteiger partial charge is 0.322 e. The standard InChI is InChI=1S/C15H20N2O2/c1-11-6-3-4-9-17(11)15(19)16-14-8-5-7-13(10-14)12(2)18/h5,7-8,10-11H,3-4,6,9H2,1-2H3,(H,16,19). The van der Waals surface area contributed by atoms with E-state index in [-0.39, 0.29) is 17.9 Å². The molecule has 19 heavy (non-hydrogen) atoms. The number of urea groups is 1. The van der Waals surface area contributed by atoms with E-state index in [4.69, 9.17) is 0 Å². The van der Waals surface area contributed by atoms with Gasteiger partial charge in [-0.1, -0.05) is 12.1 Å². The molecule has 1 atom stereocenters. The van der Waals surface area contributed by atoms with E-state index in [1.165, 1.54) is 13.3 Å². The van der Waals surface area contributed by atoms with Crippen molar-refractivity contribution in [3.8, 4) is 0 Å². The zero-order chi connectivity index (χ0) is 13.8. The number of hydrogen-bond acceptors (Lipinski definition) is 2. The Bertz CT molecular complexity index is 485. The van der Waals surface area contributed by atoms with E-state index in [0.29, 0.717) is 11.3 Å². The van der Waals surface area contributed by atoms with Gasteiger partial charge in [0.25, 0.3) is 0 Å². The van der Waals surface area contributed by atoms with Crippen LogP contribution in [0.25, 0.3) is 0 Å². The smallest absolute Gasteiger partial charge is 0.322 e. The summed E-state index contributed by atoms with van der Waals surface area (Å²) in [6.07, 6.45) is 3.30. The van der Waals surface area contributed by atoms with Gasteiger partial charge in [-0.25, -0.2) is 4.79 Å². The molecule has 4 nitrogen and oxygen atoms in total. The lowest BCUT2D eigenvalue weighted by Crippen LogP contribution is -2.44. The third kappa shape index (κ3) is 3.34. The first-order valence-electron chi connectivity index (χ1n) is 6.76. The molecule has 2 amide bonds. The minimum atomic E-state index is -0.0760. The first-order valence-corrected chi connectivity index (χ1v) is 6.76. The van der Waals surface area contributed by atoms with Gasteiger partial charge in [0.05, 0.1) is 0 Å². The fourth-order valence-corrected chi connectivity index (χ4v) is 2.41. The third-order valence-electron chi connectivity index (χ3n) is 3.58. The lowest BCUT2D eigenvalue weighted by Gasteiger charge is -2.33. The minimum Gasteiger partial charge on any atom is -0.322 e. The predicted octanol–water partition coefficient (Wildman–Crippen LogP) is 3.30. The summed E-state index contributed by atoms with van der Waals surface area (Å²) < 4.78 is 0. The molecule has 1 aliphatic rings. The summed E-state index contributed by atoms with van der Waals surface area (Å²) in [5.74, 6) is 0.00226. The van der Waals surface area contributed by atoms with Gasteiger partial charge in [0, 0.05) is 23.8 Å². The van der Waals surface area contributed by atoms with Gasteiger partial charge in [-0.2, -0.15) is 0 Å². The average Bonchev–Trinajstić information content (AvgIpc) is 2.39. The maximum atomic E-state index is 12.2. The molecular weight excluding hydrogens is 240 g/mol. The van der Waals surface area contributed by atoms with E-state index in [1.54, 1.807) is 24.3 Å². The summed E-state index contributed by atoms with van der Waals surface area (Å²) in [7, 11) is 0. The van der Waals surface area contributed by atoms with Crippen LogP contribution >= 0.6 is 0 Å². The van der Waals surface area contributed by atoms with Crippen LogP contribution in [0.5, 0.6) is 0 Å². The van der Waals surface area contributed by atoms with Crippen molar-refractivity contribution in [2.45, 2.75) is 39.2 Å². The first kappa shape index (κ1) is 13.6. The van der Waals surface area contributed by atoms with E-state index in [2.05, 4.69) is 12.2 Å². The Morgan fingerprint density at radius 3 is 2.79 bits per heavy atom. The van der Waals surface area contributed by atoms with E-state index >= 15 is 0 Å². The highest BCUT2D eigenvalue weighted by Gasteiger charge is 2.23. The van der Waals surface area contributed by atoms with Gasteiger partial charge in [-0.15, -0.1) is 0 Å². The van der Waals surface area contributed by atoms with Crippen molar-refractivity contribution < 1.29 is 9.59 Å². The zero-order valence-electron chi connectivity index (χ0n) is 11.5. The van der Waals surface area contributed by atoms with Crippen LogP contribution in [0.2, 0.25) is 0 Å². The predicted molar refractivity (Wildman–Crippen MR) is 75.5 cm³/mol. The number of nitrogens with one attached hydrogen (secondary N) is 1. The van der Waals surface area contributed by atoms with Gasteiger partial charge < -0.3 is 10.2 Å². The van der Waals surface area contributed by atoms with E-state index < -0.39 is 0 Å². The van der Waals surface area contributed by atoms with Crippen molar-refractivity contribution in [1.29, 1.82) is 0 Å². The van der Waals surface area contributed by atoms with Crippen LogP contribution < -0.4 is 5.32 Å². The molecule has 1 fully saturated rings. The second-order valence-corrected chi connectivity index (χ2v) is 5.11. The molecule has 0 saturated carbocycles. The summed E-state index contributed by atoms with van der Waals surface area (Å²) >= 11 is 0. The molecule has 4 heteroatoms. The summed E-state index contributed by atoms with van der Waals surface area (Å²) in [6.45, 7) is 4.40. The Kier molecular flexibility index (Phi) is 4.20. The van der Waals surface area contributed by atoms with Crippen LogP contribution in [0.3, 0.4) is 0 Å². The second kappa shape index (κ2) is 5.87. The number of amides is 2. The lowest BCUT2D eigenvalue weighted by atomic mass is 10.0. The highest BCUT2D eigenvalue weighted by atomic mass is 16.2. The number of carbonyl (C=O) groups is 2. The molecule has 102 valence electrons. The lowest BCUT2D eigenvalue weighted by molar-refractivity contribution is 0.101. The number of hydrogen-bond donors (Lipinski definition) is 1. The number of nitrogens with zero attached hydrogens (tertiary/aromatic N) is 1. The summed E-state index contributed by atoms with van der Waals surface area (Å²) in [6, 6.07) is 7.26. The molecule has 1 saturated heterocycles. The van der Waals surface area contributed by atoms with Crippen molar-refractivity contribution in [2.24, 2.45) is 0 Å². The number of anilines is 1. The number of piperidine rings is 1. The number of likely N-dealkylation sites (tertiary alicyclic amines) is 1. The molecule has 1 N–H and O–H groups in total. The molecule has 0 radical (unpaired) electrons. The Morgan fingerprint density at radius 2 is 2.11 bits per heavy atom. The molecule has 1 aromatic rings. The quantitative estimate of drug-likeness (QED) is 0.829. The van der Waals surface area contributed by atoms with E-state index in [1.807, 2.05) is 4.90 Å². The van der Waals surface area contributed by atoms with Gasteiger partial charge in [-0.3, -0.25) is 4.79 Å². The average molecular weight is 260 g/mol. The topological polar surface area (TPSA) is 49.4 Å². The number of Topliss-reactive ketones (excluding diaryl/α,β-unsaturated/α-hetero) is 1. The molecular formula is C15H20N2O2. The molecule has 0 aliphatic carbocycles. The van der Waals surface area contributed by atoms with Gasteiger partial charge in [0.15, 0.2) is 5.78 Å².